The lowest BCUT2D eigenvalue weighted by Gasteiger charge is -2.03. The van der Waals surface area contributed by atoms with E-state index in [1.807, 2.05) is 7.05 Å². The molecule has 0 aliphatic rings. The maximum absolute atomic E-state index is 11.7. The Bertz CT molecular complexity index is 585. The van der Waals surface area contributed by atoms with Crippen molar-refractivity contribution in [1.29, 1.82) is 0 Å². The fourth-order valence-electron chi connectivity index (χ4n) is 1.39. The largest absolute Gasteiger partial charge is 0.475 e. The molecular weight excluding hydrogens is 238 g/mol. The van der Waals surface area contributed by atoms with Gasteiger partial charge in [0.2, 0.25) is 5.76 Å². The van der Waals surface area contributed by atoms with Crippen molar-refractivity contribution in [2.75, 3.05) is 0 Å². The first-order valence-corrected chi connectivity index (χ1v) is 5.15. The SMILES string of the molecule is Cn1ccnc1CNC(=O)c1ccc(C(=O)O)o1. The summed E-state index contributed by atoms with van der Waals surface area (Å²) >= 11 is 0. The van der Waals surface area contributed by atoms with Crippen molar-refractivity contribution in [1.82, 2.24) is 14.9 Å². The molecule has 7 heteroatoms. The Morgan fingerprint density at radius 2 is 2.17 bits per heavy atom. The molecule has 0 aliphatic heterocycles. The maximum Gasteiger partial charge on any atom is 0.371 e. The highest BCUT2D eigenvalue weighted by molar-refractivity contribution is 5.93. The highest BCUT2D eigenvalue weighted by atomic mass is 16.4. The van der Waals surface area contributed by atoms with Crippen LogP contribution in [0.25, 0.3) is 0 Å². The predicted octanol–water partition coefficient (Wildman–Crippen LogP) is 0.641. The van der Waals surface area contributed by atoms with E-state index in [1.165, 1.54) is 12.1 Å². The number of carbonyl (C=O) groups is 2. The lowest BCUT2D eigenvalue weighted by atomic mass is 10.4. The van der Waals surface area contributed by atoms with Gasteiger partial charge in [0.15, 0.2) is 5.76 Å². The second-order valence-corrected chi connectivity index (χ2v) is 3.61. The minimum Gasteiger partial charge on any atom is -0.475 e. The van der Waals surface area contributed by atoms with Crippen molar-refractivity contribution in [3.8, 4) is 0 Å². The average Bonchev–Trinajstić information content (AvgIpc) is 2.94. The Balaban J connectivity index is 1.99. The normalized spacial score (nSPS) is 10.3. The number of nitrogens with one attached hydrogen (secondary N) is 1. The summed E-state index contributed by atoms with van der Waals surface area (Å²) in [4.78, 5) is 26.3. The molecule has 0 aromatic carbocycles. The van der Waals surface area contributed by atoms with E-state index in [9.17, 15) is 9.59 Å². The Labute approximate surface area is 102 Å². The molecule has 0 atom stereocenters. The third-order valence-electron chi connectivity index (χ3n) is 2.37. The van der Waals surface area contributed by atoms with E-state index in [4.69, 9.17) is 9.52 Å². The molecule has 0 fully saturated rings. The average molecular weight is 249 g/mol. The number of imidazole rings is 1. The number of carbonyl (C=O) groups excluding carboxylic acids is 1. The van der Waals surface area contributed by atoms with Gasteiger partial charge in [-0.3, -0.25) is 4.79 Å². The van der Waals surface area contributed by atoms with Crippen molar-refractivity contribution in [3.05, 3.63) is 41.9 Å². The van der Waals surface area contributed by atoms with E-state index in [-0.39, 0.29) is 18.1 Å². The number of nitrogens with zero attached hydrogens (tertiary/aromatic N) is 2. The second-order valence-electron chi connectivity index (χ2n) is 3.61. The van der Waals surface area contributed by atoms with E-state index in [1.54, 1.807) is 17.0 Å². The van der Waals surface area contributed by atoms with Crippen LogP contribution in [0.15, 0.2) is 28.9 Å². The number of rotatable bonds is 4. The van der Waals surface area contributed by atoms with Crippen LogP contribution in [-0.4, -0.2) is 26.5 Å². The minimum atomic E-state index is -1.21. The molecule has 0 saturated carbocycles. The number of amides is 1. The monoisotopic (exact) mass is 249 g/mol. The number of carboxylic acids is 1. The minimum absolute atomic E-state index is 0.0402. The van der Waals surface area contributed by atoms with Crippen LogP contribution < -0.4 is 5.32 Å². The van der Waals surface area contributed by atoms with Gasteiger partial charge < -0.3 is 19.4 Å². The second kappa shape index (κ2) is 4.74. The molecule has 1 amide bonds. The zero-order valence-corrected chi connectivity index (χ0v) is 9.58. The zero-order valence-electron chi connectivity index (χ0n) is 9.58. The zero-order chi connectivity index (χ0) is 13.1. The van der Waals surface area contributed by atoms with E-state index < -0.39 is 11.9 Å². The number of furan rings is 1. The number of aromatic nitrogens is 2. The molecule has 94 valence electrons. The van der Waals surface area contributed by atoms with Crippen molar-refractivity contribution in [3.63, 3.8) is 0 Å². The summed E-state index contributed by atoms with van der Waals surface area (Å²) in [5.74, 6) is -1.31. The van der Waals surface area contributed by atoms with E-state index in [2.05, 4.69) is 10.3 Å². The molecule has 2 aromatic rings. The molecule has 0 spiro atoms. The van der Waals surface area contributed by atoms with Crippen molar-refractivity contribution in [2.24, 2.45) is 7.05 Å². The van der Waals surface area contributed by atoms with Crippen LogP contribution in [0.2, 0.25) is 0 Å². The Morgan fingerprint density at radius 3 is 2.72 bits per heavy atom. The van der Waals surface area contributed by atoms with Crippen LogP contribution in [0.4, 0.5) is 0 Å². The first kappa shape index (κ1) is 11.9. The molecule has 18 heavy (non-hydrogen) atoms. The first-order chi connectivity index (χ1) is 8.58. The molecule has 0 saturated heterocycles. The van der Waals surface area contributed by atoms with Gasteiger partial charge in [0.05, 0.1) is 6.54 Å². The van der Waals surface area contributed by atoms with Gasteiger partial charge >= 0.3 is 5.97 Å². The third-order valence-corrected chi connectivity index (χ3v) is 2.37. The smallest absolute Gasteiger partial charge is 0.371 e. The number of aromatic carboxylic acids is 1. The standard InChI is InChI=1S/C11H11N3O4/c1-14-5-4-12-9(14)6-13-10(15)7-2-3-8(18-7)11(16)17/h2-5H,6H2,1H3,(H,13,15)(H,16,17). The van der Waals surface area contributed by atoms with E-state index >= 15 is 0 Å². The molecule has 0 aliphatic carbocycles. The van der Waals surface area contributed by atoms with Crippen LogP contribution in [-0.2, 0) is 13.6 Å². The lowest BCUT2D eigenvalue weighted by molar-refractivity contribution is 0.0659. The summed E-state index contributed by atoms with van der Waals surface area (Å²) in [6.07, 6.45) is 3.38. The Kier molecular flexibility index (Phi) is 3.13. The fraction of sp³-hybridized carbons (Fsp3) is 0.182. The Morgan fingerprint density at radius 1 is 1.44 bits per heavy atom. The van der Waals surface area contributed by atoms with Crippen molar-refractivity contribution >= 4 is 11.9 Å². The summed E-state index contributed by atoms with van der Waals surface area (Å²) in [6.45, 7) is 0.242. The van der Waals surface area contributed by atoms with E-state index in [0.717, 1.165) is 0 Å². The van der Waals surface area contributed by atoms with Gasteiger partial charge in [-0.25, -0.2) is 9.78 Å². The molecule has 0 unspecified atom stereocenters. The molecular formula is C11H11N3O4. The highest BCUT2D eigenvalue weighted by Gasteiger charge is 2.14. The summed E-state index contributed by atoms with van der Waals surface area (Å²) in [7, 11) is 1.81. The Hall–Kier alpha value is -2.57. The maximum atomic E-state index is 11.7. The van der Waals surface area contributed by atoms with Crippen LogP contribution in [0.3, 0.4) is 0 Å². The number of hydrogen-bond acceptors (Lipinski definition) is 4. The van der Waals surface area contributed by atoms with Gasteiger partial charge in [0, 0.05) is 19.4 Å². The summed E-state index contributed by atoms with van der Waals surface area (Å²) < 4.78 is 6.64. The van der Waals surface area contributed by atoms with Crippen LogP contribution in [0, 0.1) is 0 Å². The van der Waals surface area contributed by atoms with Gasteiger partial charge in [-0.2, -0.15) is 0 Å². The quantitative estimate of drug-likeness (QED) is 0.828. The molecule has 2 rings (SSSR count). The molecule has 2 heterocycles. The van der Waals surface area contributed by atoms with Gasteiger partial charge in [0.1, 0.15) is 5.82 Å². The number of carboxylic acid groups (broad SMARTS) is 1. The molecule has 0 radical (unpaired) electrons. The first-order valence-electron chi connectivity index (χ1n) is 5.15. The van der Waals surface area contributed by atoms with Crippen LogP contribution in [0.5, 0.6) is 0 Å². The van der Waals surface area contributed by atoms with Gasteiger partial charge in [-0.05, 0) is 12.1 Å². The van der Waals surface area contributed by atoms with Gasteiger partial charge in [-0.15, -0.1) is 0 Å². The van der Waals surface area contributed by atoms with E-state index in [0.29, 0.717) is 5.82 Å². The van der Waals surface area contributed by atoms with Crippen molar-refractivity contribution < 1.29 is 19.1 Å². The number of hydrogen-bond donors (Lipinski definition) is 2. The summed E-state index contributed by atoms with van der Waals surface area (Å²) in [6, 6.07) is 2.55. The fourth-order valence-corrected chi connectivity index (χ4v) is 1.39. The predicted molar refractivity (Wildman–Crippen MR) is 60.0 cm³/mol. The third kappa shape index (κ3) is 2.40. The van der Waals surface area contributed by atoms with Crippen LogP contribution >= 0.6 is 0 Å². The molecule has 2 N–H and O–H groups in total. The van der Waals surface area contributed by atoms with Gasteiger partial charge in [-0.1, -0.05) is 0 Å². The summed E-state index contributed by atoms with van der Waals surface area (Å²) in [5.41, 5.74) is 0. The summed E-state index contributed by atoms with van der Waals surface area (Å²) in [5, 5.41) is 11.2. The molecule has 7 nitrogen and oxygen atoms in total. The van der Waals surface area contributed by atoms with Crippen molar-refractivity contribution in [2.45, 2.75) is 6.54 Å². The number of aryl methyl sites for hydroxylation is 1. The molecule has 2 aromatic heterocycles. The van der Waals surface area contributed by atoms with Crippen LogP contribution in [0.1, 0.15) is 26.9 Å². The topological polar surface area (TPSA) is 97.4 Å². The lowest BCUT2D eigenvalue weighted by Crippen LogP contribution is -2.23. The van der Waals surface area contributed by atoms with Gasteiger partial charge in [0.25, 0.3) is 5.91 Å². The highest BCUT2D eigenvalue weighted by Crippen LogP contribution is 2.07. The molecule has 0 bridgehead atoms.